The van der Waals surface area contributed by atoms with E-state index in [1.165, 1.54) is 25.7 Å². The minimum atomic E-state index is 0.579. The summed E-state index contributed by atoms with van der Waals surface area (Å²) in [6.45, 7) is 3.25. The maximum absolute atomic E-state index is 4.75. The molecular weight excluding hydrogens is 260 g/mol. The van der Waals surface area contributed by atoms with Crippen molar-refractivity contribution in [1.29, 1.82) is 0 Å². The van der Waals surface area contributed by atoms with Crippen LogP contribution < -0.4 is 10.2 Å². The van der Waals surface area contributed by atoms with Crippen LogP contribution in [-0.2, 0) is 0 Å². The molecule has 0 bridgehead atoms. The van der Waals surface area contributed by atoms with Crippen LogP contribution in [0, 0.1) is 0 Å². The smallest absolute Gasteiger partial charge is 0.147 e. The third kappa shape index (κ3) is 3.16. The molecule has 1 aliphatic rings. The number of aromatic nitrogens is 2. The van der Waals surface area contributed by atoms with Crippen molar-refractivity contribution < 1.29 is 0 Å². The van der Waals surface area contributed by atoms with Gasteiger partial charge in [-0.2, -0.15) is 0 Å². The van der Waals surface area contributed by atoms with Crippen molar-refractivity contribution in [2.24, 2.45) is 0 Å². The topological polar surface area (TPSA) is 41.0 Å². The lowest BCUT2D eigenvalue weighted by Gasteiger charge is -2.35. The van der Waals surface area contributed by atoms with Crippen LogP contribution in [0.15, 0.2) is 30.5 Å². The van der Waals surface area contributed by atoms with Crippen LogP contribution in [0.1, 0.15) is 32.6 Å². The lowest BCUT2D eigenvalue weighted by molar-refractivity contribution is 0.340. The number of hydrogen-bond acceptors (Lipinski definition) is 4. The van der Waals surface area contributed by atoms with Gasteiger partial charge in [-0.3, -0.25) is 4.98 Å². The summed E-state index contributed by atoms with van der Waals surface area (Å²) in [6.07, 6.45) is 6.86. The van der Waals surface area contributed by atoms with Crippen LogP contribution in [-0.4, -0.2) is 35.6 Å². The van der Waals surface area contributed by atoms with Gasteiger partial charge in [0.1, 0.15) is 5.82 Å². The van der Waals surface area contributed by atoms with Crippen LogP contribution in [0.3, 0.4) is 0 Å². The van der Waals surface area contributed by atoms with Crippen molar-refractivity contribution in [3.05, 3.63) is 30.5 Å². The minimum absolute atomic E-state index is 0.579. The van der Waals surface area contributed by atoms with E-state index in [9.17, 15) is 0 Å². The Balaban J connectivity index is 1.70. The first-order valence-corrected chi connectivity index (χ1v) is 7.96. The van der Waals surface area contributed by atoms with E-state index in [4.69, 9.17) is 4.98 Å². The van der Waals surface area contributed by atoms with Gasteiger partial charge in [-0.05, 0) is 44.4 Å². The van der Waals surface area contributed by atoms with Crippen molar-refractivity contribution >= 4 is 16.9 Å². The summed E-state index contributed by atoms with van der Waals surface area (Å²) in [6, 6.07) is 9.33. The first kappa shape index (κ1) is 14.3. The maximum atomic E-state index is 4.75. The third-order valence-electron chi connectivity index (χ3n) is 4.53. The van der Waals surface area contributed by atoms with E-state index in [0.717, 1.165) is 23.4 Å². The second-order valence-corrected chi connectivity index (χ2v) is 5.89. The van der Waals surface area contributed by atoms with Gasteiger partial charge in [0, 0.05) is 19.1 Å². The molecule has 1 aromatic carbocycles. The highest BCUT2D eigenvalue weighted by molar-refractivity contribution is 5.75. The molecule has 1 fully saturated rings. The fraction of sp³-hybridized carbons (Fsp3) is 0.529. The molecule has 1 saturated carbocycles. The molecule has 2 aromatic rings. The first-order valence-electron chi connectivity index (χ1n) is 7.96. The third-order valence-corrected chi connectivity index (χ3v) is 4.53. The summed E-state index contributed by atoms with van der Waals surface area (Å²) in [5.74, 6) is 0.987. The van der Waals surface area contributed by atoms with E-state index in [1.807, 2.05) is 30.5 Å². The van der Waals surface area contributed by atoms with E-state index in [-0.39, 0.29) is 0 Å². The van der Waals surface area contributed by atoms with Crippen molar-refractivity contribution in [3.8, 4) is 0 Å². The van der Waals surface area contributed by atoms with Gasteiger partial charge < -0.3 is 10.2 Å². The first-order chi connectivity index (χ1) is 10.3. The van der Waals surface area contributed by atoms with Gasteiger partial charge in [-0.25, -0.2) is 4.98 Å². The molecule has 4 nitrogen and oxygen atoms in total. The lowest BCUT2D eigenvalue weighted by Crippen LogP contribution is -2.41. The van der Waals surface area contributed by atoms with Crippen molar-refractivity contribution in [1.82, 2.24) is 15.3 Å². The highest BCUT2D eigenvalue weighted by Gasteiger charge is 2.24. The van der Waals surface area contributed by atoms with Crippen LogP contribution in [0.4, 0.5) is 5.82 Å². The molecular formula is C17H24N4. The predicted octanol–water partition coefficient (Wildman–Crippen LogP) is 2.99. The predicted molar refractivity (Wildman–Crippen MR) is 87.7 cm³/mol. The van der Waals surface area contributed by atoms with E-state index in [0.29, 0.717) is 12.1 Å². The molecule has 1 N–H and O–H groups in total. The molecule has 0 unspecified atom stereocenters. The molecule has 3 rings (SSSR count). The highest BCUT2D eigenvalue weighted by Crippen LogP contribution is 2.26. The van der Waals surface area contributed by atoms with Crippen LogP contribution >= 0.6 is 0 Å². The fourth-order valence-corrected chi connectivity index (χ4v) is 3.26. The second kappa shape index (κ2) is 6.39. The number of anilines is 1. The number of hydrogen-bond donors (Lipinski definition) is 1. The molecule has 0 saturated heterocycles. The van der Waals surface area contributed by atoms with E-state index >= 15 is 0 Å². The van der Waals surface area contributed by atoms with Crippen molar-refractivity contribution in [2.75, 3.05) is 18.5 Å². The van der Waals surface area contributed by atoms with Crippen molar-refractivity contribution in [3.63, 3.8) is 0 Å². The van der Waals surface area contributed by atoms with Crippen LogP contribution in [0.5, 0.6) is 0 Å². The highest BCUT2D eigenvalue weighted by atomic mass is 15.2. The van der Waals surface area contributed by atoms with Gasteiger partial charge in [-0.1, -0.05) is 19.1 Å². The van der Waals surface area contributed by atoms with Crippen molar-refractivity contribution in [2.45, 2.75) is 44.7 Å². The molecule has 1 aliphatic carbocycles. The molecule has 21 heavy (non-hydrogen) atoms. The number of para-hydroxylation sites is 2. The summed E-state index contributed by atoms with van der Waals surface area (Å²) in [5.41, 5.74) is 1.94. The maximum Gasteiger partial charge on any atom is 0.147 e. The monoisotopic (exact) mass is 284 g/mol. The quantitative estimate of drug-likeness (QED) is 0.937. The van der Waals surface area contributed by atoms with E-state index in [2.05, 4.69) is 29.2 Å². The molecule has 4 heteroatoms. The minimum Gasteiger partial charge on any atom is -0.355 e. The molecule has 1 heterocycles. The lowest BCUT2D eigenvalue weighted by atomic mass is 9.90. The molecule has 112 valence electrons. The number of nitrogens with zero attached hydrogens (tertiary/aromatic N) is 3. The molecule has 0 spiro atoms. The average molecular weight is 284 g/mol. The summed E-state index contributed by atoms with van der Waals surface area (Å²) in [5, 5.41) is 3.56. The molecule has 0 amide bonds. The number of benzene rings is 1. The molecule has 0 radical (unpaired) electrons. The Kier molecular flexibility index (Phi) is 4.34. The normalized spacial score (nSPS) is 22.4. The summed E-state index contributed by atoms with van der Waals surface area (Å²) in [4.78, 5) is 11.6. The zero-order valence-electron chi connectivity index (χ0n) is 12.9. The number of nitrogens with one attached hydrogen (secondary N) is 1. The Morgan fingerprint density at radius 2 is 1.86 bits per heavy atom. The zero-order chi connectivity index (χ0) is 14.7. The summed E-state index contributed by atoms with van der Waals surface area (Å²) < 4.78 is 0. The Morgan fingerprint density at radius 3 is 2.57 bits per heavy atom. The van der Waals surface area contributed by atoms with E-state index in [1.54, 1.807) is 0 Å². The second-order valence-electron chi connectivity index (χ2n) is 5.89. The Hall–Kier alpha value is -1.68. The summed E-state index contributed by atoms with van der Waals surface area (Å²) in [7, 11) is 2.15. The largest absolute Gasteiger partial charge is 0.355 e. The fourth-order valence-electron chi connectivity index (χ4n) is 3.26. The Morgan fingerprint density at radius 1 is 1.14 bits per heavy atom. The molecule has 0 atom stereocenters. The van der Waals surface area contributed by atoms with Gasteiger partial charge in [0.15, 0.2) is 0 Å². The van der Waals surface area contributed by atoms with Crippen LogP contribution in [0.2, 0.25) is 0 Å². The standard InChI is InChI=1S/C17H24N4/c1-3-18-13-8-10-14(11-9-13)21(2)17-12-19-15-6-4-5-7-16(15)20-17/h4-7,12-14,18H,3,8-11H2,1-2H3. The Labute approximate surface area is 126 Å². The van der Waals surface area contributed by atoms with Crippen LogP contribution in [0.25, 0.3) is 11.0 Å². The average Bonchev–Trinajstić information content (AvgIpc) is 2.55. The number of rotatable bonds is 4. The molecule has 1 aromatic heterocycles. The van der Waals surface area contributed by atoms with Gasteiger partial charge in [-0.15, -0.1) is 0 Å². The number of fused-ring (bicyclic) bond motifs is 1. The SMILES string of the molecule is CCNC1CCC(N(C)c2cnc3ccccc3n2)CC1. The van der Waals surface area contributed by atoms with Gasteiger partial charge in [0.25, 0.3) is 0 Å². The Bertz CT molecular complexity index is 590. The van der Waals surface area contributed by atoms with E-state index < -0.39 is 0 Å². The molecule has 0 aliphatic heterocycles. The van der Waals surface area contributed by atoms with Gasteiger partial charge >= 0.3 is 0 Å². The van der Waals surface area contributed by atoms with Gasteiger partial charge in [0.2, 0.25) is 0 Å². The van der Waals surface area contributed by atoms with Gasteiger partial charge in [0.05, 0.1) is 17.2 Å². The zero-order valence-corrected chi connectivity index (χ0v) is 12.9. The summed E-state index contributed by atoms with van der Waals surface area (Å²) >= 11 is 0.